The molecule has 160 valence electrons. The number of fused-ring (bicyclic) bond motifs is 3. The lowest BCUT2D eigenvalue weighted by Crippen LogP contribution is -2.62. The molecule has 0 aromatic heterocycles. The van der Waals surface area contributed by atoms with Crippen LogP contribution in [0.3, 0.4) is 0 Å². The molecule has 2 heterocycles. The van der Waals surface area contributed by atoms with Gasteiger partial charge in [0.05, 0.1) is 11.3 Å². The summed E-state index contributed by atoms with van der Waals surface area (Å²) >= 11 is 0. The number of nitrogens with zero attached hydrogens (tertiary/aromatic N) is 2. The van der Waals surface area contributed by atoms with Gasteiger partial charge in [-0.2, -0.15) is 0 Å². The van der Waals surface area contributed by atoms with E-state index in [1.54, 1.807) is 58.3 Å². The smallest absolute Gasteiger partial charge is 0.257 e. The molecule has 1 fully saturated rings. The molecule has 7 nitrogen and oxygen atoms in total. The summed E-state index contributed by atoms with van der Waals surface area (Å²) in [5.41, 5.74) is 0.990. The Morgan fingerprint density at radius 2 is 2.03 bits per heavy atom. The van der Waals surface area contributed by atoms with Crippen LogP contribution in [0.4, 0.5) is 11.4 Å². The molecule has 2 aromatic carbocycles. The van der Waals surface area contributed by atoms with E-state index >= 15 is 0 Å². The number of hydrogen-bond acceptors (Lipinski definition) is 4. The quantitative estimate of drug-likeness (QED) is 0.696. The van der Waals surface area contributed by atoms with Crippen LogP contribution in [-0.2, 0) is 9.59 Å². The number of carbonyl (C=O) groups is 3. The highest BCUT2D eigenvalue weighted by Gasteiger charge is 2.52. The van der Waals surface area contributed by atoms with E-state index in [0.29, 0.717) is 42.1 Å². The average Bonchev–Trinajstić information content (AvgIpc) is 3.07. The highest BCUT2D eigenvalue weighted by Crippen LogP contribution is 2.43. The minimum absolute atomic E-state index is 0.00626. The number of benzene rings is 2. The molecule has 3 amide bonds. The topological polar surface area (TPSA) is 79.0 Å². The van der Waals surface area contributed by atoms with Crippen LogP contribution >= 0.6 is 0 Å². The lowest BCUT2D eigenvalue weighted by Gasteiger charge is -2.48. The van der Waals surface area contributed by atoms with Crippen molar-refractivity contribution in [1.29, 1.82) is 0 Å². The third kappa shape index (κ3) is 3.79. The molecular weight excluding hydrogens is 394 g/mol. The third-order valence-electron chi connectivity index (χ3n) is 5.79. The molecule has 2 aromatic rings. The SMILES string of the molecule is C=CCOc1cccc(NC(=O)CCN2C(=O)c3ccccc3N3C(=O)CCC23C)c1. The summed E-state index contributed by atoms with van der Waals surface area (Å²) in [6, 6.07) is 14.3. The number of para-hydroxylation sites is 1. The molecule has 1 N–H and O–H groups in total. The molecule has 2 aliphatic rings. The summed E-state index contributed by atoms with van der Waals surface area (Å²) in [7, 11) is 0. The Morgan fingerprint density at radius 1 is 1.23 bits per heavy atom. The number of nitrogens with one attached hydrogen (secondary N) is 1. The highest BCUT2D eigenvalue weighted by molar-refractivity contribution is 6.10. The van der Waals surface area contributed by atoms with Gasteiger partial charge in [0.2, 0.25) is 11.8 Å². The zero-order valence-corrected chi connectivity index (χ0v) is 17.5. The summed E-state index contributed by atoms with van der Waals surface area (Å²) in [6.07, 6.45) is 2.68. The van der Waals surface area contributed by atoms with Crippen molar-refractivity contribution in [1.82, 2.24) is 4.90 Å². The van der Waals surface area contributed by atoms with Crippen LogP contribution in [-0.4, -0.2) is 41.4 Å². The van der Waals surface area contributed by atoms with Gasteiger partial charge in [0.1, 0.15) is 18.0 Å². The molecule has 31 heavy (non-hydrogen) atoms. The van der Waals surface area contributed by atoms with E-state index in [2.05, 4.69) is 11.9 Å². The maximum atomic E-state index is 13.2. The fourth-order valence-electron chi connectivity index (χ4n) is 4.30. The second-order valence-corrected chi connectivity index (χ2v) is 7.85. The van der Waals surface area contributed by atoms with Gasteiger partial charge in [0.25, 0.3) is 5.91 Å². The number of anilines is 2. The molecular formula is C24H25N3O4. The standard InChI is InChI=1S/C24H25N3O4/c1-3-15-31-18-8-6-7-17(16-18)25-21(28)12-14-26-23(30)19-9-4-5-10-20(19)27-22(29)11-13-24(26,27)2/h3-10,16H,1,11-15H2,2H3,(H,25,28). The normalized spacial score (nSPS) is 19.6. The lowest BCUT2D eigenvalue weighted by atomic mass is 9.98. The van der Waals surface area contributed by atoms with Gasteiger partial charge in [0.15, 0.2) is 0 Å². The Bertz CT molecular complexity index is 1050. The van der Waals surface area contributed by atoms with Gasteiger partial charge < -0.3 is 15.0 Å². The third-order valence-corrected chi connectivity index (χ3v) is 5.79. The molecule has 0 saturated carbocycles. The number of carbonyl (C=O) groups excluding carboxylic acids is 3. The molecule has 4 rings (SSSR count). The van der Waals surface area contributed by atoms with Crippen LogP contribution in [0.15, 0.2) is 61.2 Å². The number of amides is 3. The van der Waals surface area contributed by atoms with Gasteiger partial charge in [-0.15, -0.1) is 0 Å². The Kier molecular flexibility index (Phi) is 5.50. The first-order chi connectivity index (χ1) is 14.9. The molecule has 7 heteroatoms. The van der Waals surface area contributed by atoms with Crippen LogP contribution in [0.5, 0.6) is 5.75 Å². The summed E-state index contributed by atoms with van der Waals surface area (Å²) in [5.74, 6) is 0.255. The number of rotatable bonds is 7. The second kappa shape index (κ2) is 8.26. The molecule has 0 radical (unpaired) electrons. The molecule has 0 spiro atoms. The molecule has 1 atom stereocenters. The van der Waals surface area contributed by atoms with E-state index in [4.69, 9.17) is 4.74 Å². The fourth-order valence-corrected chi connectivity index (χ4v) is 4.30. The van der Waals surface area contributed by atoms with Crippen molar-refractivity contribution in [2.24, 2.45) is 0 Å². The van der Waals surface area contributed by atoms with Crippen LogP contribution in [0, 0.1) is 0 Å². The lowest BCUT2D eigenvalue weighted by molar-refractivity contribution is -0.117. The minimum Gasteiger partial charge on any atom is -0.489 e. The van der Waals surface area contributed by atoms with Crippen LogP contribution in [0.25, 0.3) is 0 Å². The van der Waals surface area contributed by atoms with Gasteiger partial charge in [-0.25, -0.2) is 0 Å². The van der Waals surface area contributed by atoms with Crippen molar-refractivity contribution in [2.75, 3.05) is 23.4 Å². The number of hydrogen-bond donors (Lipinski definition) is 1. The van der Waals surface area contributed by atoms with E-state index in [-0.39, 0.29) is 30.7 Å². The van der Waals surface area contributed by atoms with Gasteiger partial charge in [-0.1, -0.05) is 30.9 Å². The van der Waals surface area contributed by atoms with Gasteiger partial charge in [-0.3, -0.25) is 19.3 Å². The predicted octanol–water partition coefficient (Wildman–Crippen LogP) is 3.58. The number of ether oxygens (including phenoxy) is 1. The first-order valence-corrected chi connectivity index (χ1v) is 10.3. The Morgan fingerprint density at radius 3 is 2.84 bits per heavy atom. The monoisotopic (exact) mass is 419 g/mol. The average molecular weight is 419 g/mol. The maximum Gasteiger partial charge on any atom is 0.257 e. The first kappa shape index (κ1) is 20.7. The summed E-state index contributed by atoms with van der Waals surface area (Å²) in [5, 5.41) is 2.85. The van der Waals surface area contributed by atoms with E-state index in [0.717, 1.165) is 0 Å². The summed E-state index contributed by atoms with van der Waals surface area (Å²) in [4.78, 5) is 41.8. The Balaban J connectivity index is 1.48. The van der Waals surface area contributed by atoms with E-state index < -0.39 is 5.66 Å². The molecule has 2 aliphatic heterocycles. The van der Waals surface area contributed by atoms with Crippen molar-refractivity contribution in [2.45, 2.75) is 31.8 Å². The van der Waals surface area contributed by atoms with Crippen molar-refractivity contribution in [3.63, 3.8) is 0 Å². The minimum atomic E-state index is -0.763. The summed E-state index contributed by atoms with van der Waals surface area (Å²) < 4.78 is 5.49. The molecule has 0 aliphatic carbocycles. The second-order valence-electron chi connectivity index (χ2n) is 7.85. The Labute approximate surface area is 181 Å². The van der Waals surface area contributed by atoms with Crippen molar-refractivity contribution in [3.05, 3.63) is 66.7 Å². The van der Waals surface area contributed by atoms with Crippen molar-refractivity contribution in [3.8, 4) is 5.75 Å². The summed E-state index contributed by atoms with van der Waals surface area (Å²) in [6.45, 7) is 6.10. The van der Waals surface area contributed by atoms with Crippen molar-refractivity contribution < 1.29 is 19.1 Å². The van der Waals surface area contributed by atoms with Crippen molar-refractivity contribution >= 4 is 29.1 Å². The van der Waals surface area contributed by atoms with E-state index in [1.165, 1.54) is 0 Å². The zero-order chi connectivity index (χ0) is 22.0. The molecule has 1 saturated heterocycles. The Hall–Kier alpha value is -3.61. The molecule has 1 unspecified atom stereocenters. The van der Waals surface area contributed by atoms with E-state index in [9.17, 15) is 14.4 Å². The first-order valence-electron chi connectivity index (χ1n) is 10.3. The fraction of sp³-hybridized carbons (Fsp3) is 0.292. The van der Waals surface area contributed by atoms with Crippen LogP contribution in [0.2, 0.25) is 0 Å². The highest BCUT2D eigenvalue weighted by atomic mass is 16.5. The van der Waals surface area contributed by atoms with Gasteiger partial charge in [0, 0.05) is 31.1 Å². The van der Waals surface area contributed by atoms with Gasteiger partial charge >= 0.3 is 0 Å². The van der Waals surface area contributed by atoms with Crippen LogP contribution < -0.4 is 15.0 Å². The maximum absolute atomic E-state index is 13.2. The molecule has 0 bridgehead atoms. The van der Waals surface area contributed by atoms with Gasteiger partial charge in [-0.05, 0) is 37.6 Å². The van der Waals surface area contributed by atoms with Crippen LogP contribution in [0.1, 0.15) is 36.5 Å². The predicted molar refractivity (Wildman–Crippen MR) is 118 cm³/mol. The largest absolute Gasteiger partial charge is 0.489 e. The van der Waals surface area contributed by atoms with E-state index in [1.807, 2.05) is 13.0 Å². The zero-order valence-electron chi connectivity index (χ0n) is 17.5.